The Morgan fingerprint density at radius 3 is 2.31 bits per heavy atom. The van der Waals surface area contributed by atoms with Crippen LogP contribution in [0.2, 0.25) is 0 Å². The molecule has 78 valence electrons. The normalized spacial score (nSPS) is 11.9. The number of carbonyl (C=O) groups excluding carboxylic acids is 1. The molecular formula is C8H16F2N2O. The second-order valence-electron chi connectivity index (χ2n) is 3.86. The van der Waals surface area contributed by atoms with Crippen molar-refractivity contribution in [2.45, 2.75) is 20.3 Å². The Balaban J connectivity index is 4.15. The number of hydrogen-bond donors (Lipinski definition) is 1. The number of alkyl halides is 2. The molecule has 5 heteroatoms. The van der Waals surface area contributed by atoms with Gasteiger partial charge in [0.15, 0.2) is 0 Å². The van der Waals surface area contributed by atoms with Crippen LogP contribution in [-0.2, 0) is 4.79 Å². The van der Waals surface area contributed by atoms with Crippen molar-refractivity contribution >= 4 is 5.91 Å². The highest BCUT2D eigenvalue weighted by molar-refractivity contribution is 5.79. The average Bonchev–Trinajstić information content (AvgIpc) is 2.02. The van der Waals surface area contributed by atoms with Gasteiger partial charge in [-0.3, -0.25) is 4.79 Å². The van der Waals surface area contributed by atoms with Crippen LogP contribution in [-0.4, -0.2) is 37.4 Å². The Bertz CT molecular complexity index is 183. The quantitative estimate of drug-likeness (QED) is 0.716. The van der Waals surface area contributed by atoms with Crippen LogP contribution in [0.25, 0.3) is 0 Å². The largest absolute Gasteiger partial charge is 0.340 e. The van der Waals surface area contributed by atoms with Gasteiger partial charge in [0.1, 0.15) is 0 Å². The van der Waals surface area contributed by atoms with E-state index in [4.69, 9.17) is 5.73 Å². The molecule has 0 fully saturated rings. The molecule has 13 heavy (non-hydrogen) atoms. The molecule has 0 aromatic rings. The summed E-state index contributed by atoms with van der Waals surface area (Å²) in [4.78, 5) is 11.8. The first kappa shape index (κ1) is 12.3. The lowest BCUT2D eigenvalue weighted by Gasteiger charge is -2.28. The first-order valence-corrected chi connectivity index (χ1v) is 4.03. The lowest BCUT2D eigenvalue weighted by molar-refractivity contribution is -0.142. The van der Waals surface area contributed by atoms with Crippen molar-refractivity contribution in [3.8, 4) is 0 Å². The number of nitrogens with two attached hydrogens (primary N) is 1. The number of rotatable bonds is 4. The molecular weight excluding hydrogens is 178 g/mol. The SMILES string of the molecule is CN(CC(C)(C)CN)C(=O)C(F)F. The smallest absolute Gasteiger partial charge is 0.315 e. The van der Waals surface area contributed by atoms with Crippen LogP contribution < -0.4 is 5.73 Å². The molecule has 0 saturated carbocycles. The van der Waals surface area contributed by atoms with E-state index in [2.05, 4.69) is 0 Å². The van der Waals surface area contributed by atoms with E-state index in [1.807, 2.05) is 13.8 Å². The van der Waals surface area contributed by atoms with E-state index in [9.17, 15) is 13.6 Å². The van der Waals surface area contributed by atoms with Crippen LogP contribution in [0.3, 0.4) is 0 Å². The number of carbonyl (C=O) groups is 1. The summed E-state index contributed by atoms with van der Waals surface area (Å²) in [6.07, 6.45) is -2.93. The Labute approximate surface area is 76.9 Å². The fraction of sp³-hybridized carbons (Fsp3) is 0.875. The van der Waals surface area contributed by atoms with E-state index in [0.29, 0.717) is 6.54 Å². The zero-order chi connectivity index (χ0) is 10.6. The maximum absolute atomic E-state index is 11.9. The van der Waals surface area contributed by atoms with E-state index in [1.54, 1.807) is 0 Å². The third-order valence-corrected chi connectivity index (χ3v) is 1.78. The summed E-state index contributed by atoms with van der Waals surface area (Å²) in [5, 5.41) is 0. The van der Waals surface area contributed by atoms with E-state index in [0.717, 1.165) is 4.90 Å². The number of hydrogen-bond acceptors (Lipinski definition) is 2. The summed E-state index contributed by atoms with van der Waals surface area (Å²) >= 11 is 0. The van der Waals surface area contributed by atoms with E-state index in [-0.39, 0.29) is 12.0 Å². The van der Waals surface area contributed by atoms with Gasteiger partial charge >= 0.3 is 6.43 Å². The number of amides is 1. The van der Waals surface area contributed by atoms with Crippen molar-refractivity contribution < 1.29 is 13.6 Å². The summed E-state index contributed by atoms with van der Waals surface area (Å²) in [5.74, 6) is -1.15. The van der Waals surface area contributed by atoms with Gasteiger partial charge < -0.3 is 10.6 Å². The third kappa shape index (κ3) is 4.17. The van der Waals surface area contributed by atoms with Gasteiger partial charge in [0, 0.05) is 13.6 Å². The Kier molecular flexibility index (Phi) is 4.26. The number of nitrogens with zero attached hydrogens (tertiary/aromatic N) is 1. The van der Waals surface area contributed by atoms with Crippen LogP contribution in [0, 0.1) is 5.41 Å². The van der Waals surface area contributed by atoms with Crippen LogP contribution in [0.1, 0.15) is 13.8 Å². The highest BCUT2D eigenvalue weighted by Gasteiger charge is 2.25. The summed E-state index contributed by atoms with van der Waals surface area (Å²) in [5.41, 5.74) is 5.09. The van der Waals surface area contributed by atoms with Crippen LogP contribution in [0.5, 0.6) is 0 Å². The highest BCUT2D eigenvalue weighted by atomic mass is 19.3. The predicted molar refractivity (Wildman–Crippen MR) is 46.5 cm³/mol. The van der Waals surface area contributed by atoms with Gasteiger partial charge in [-0.2, -0.15) is 8.78 Å². The Morgan fingerprint density at radius 2 is 2.00 bits per heavy atom. The summed E-state index contributed by atoms with van der Waals surface area (Å²) in [7, 11) is 1.35. The van der Waals surface area contributed by atoms with E-state index >= 15 is 0 Å². The van der Waals surface area contributed by atoms with E-state index in [1.165, 1.54) is 7.05 Å². The van der Waals surface area contributed by atoms with Crippen molar-refractivity contribution in [1.29, 1.82) is 0 Å². The van der Waals surface area contributed by atoms with Gasteiger partial charge in [-0.1, -0.05) is 13.8 Å². The number of halogens is 2. The molecule has 0 aliphatic rings. The molecule has 0 atom stereocenters. The van der Waals surface area contributed by atoms with Crippen molar-refractivity contribution in [2.75, 3.05) is 20.1 Å². The molecule has 0 aromatic heterocycles. The first-order valence-electron chi connectivity index (χ1n) is 4.03. The van der Waals surface area contributed by atoms with Gasteiger partial charge in [-0.05, 0) is 12.0 Å². The van der Waals surface area contributed by atoms with Gasteiger partial charge in [0.2, 0.25) is 0 Å². The molecule has 0 spiro atoms. The van der Waals surface area contributed by atoms with Crippen molar-refractivity contribution in [3.05, 3.63) is 0 Å². The van der Waals surface area contributed by atoms with Crippen molar-refractivity contribution in [2.24, 2.45) is 11.1 Å². The second-order valence-corrected chi connectivity index (χ2v) is 3.86. The standard InChI is InChI=1S/C8H16F2N2O/c1-8(2,4-11)5-12(3)7(13)6(9)10/h6H,4-5,11H2,1-3H3. The molecule has 0 radical (unpaired) electrons. The molecule has 0 rings (SSSR count). The van der Waals surface area contributed by atoms with Crippen LogP contribution >= 0.6 is 0 Å². The lowest BCUT2D eigenvalue weighted by atomic mass is 9.93. The van der Waals surface area contributed by atoms with Gasteiger partial charge in [0.25, 0.3) is 5.91 Å². The molecule has 0 unspecified atom stereocenters. The fourth-order valence-electron chi connectivity index (χ4n) is 0.951. The molecule has 1 amide bonds. The summed E-state index contributed by atoms with van der Waals surface area (Å²) in [6, 6.07) is 0. The zero-order valence-corrected chi connectivity index (χ0v) is 8.18. The van der Waals surface area contributed by atoms with Gasteiger partial charge in [-0.15, -0.1) is 0 Å². The van der Waals surface area contributed by atoms with E-state index < -0.39 is 12.3 Å². The van der Waals surface area contributed by atoms with Gasteiger partial charge in [0.05, 0.1) is 0 Å². The van der Waals surface area contributed by atoms with Crippen LogP contribution in [0.15, 0.2) is 0 Å². The first-order chi connectivity index (χ1) is 5.80. The van der Waals surface area contributed by atoms with Crippen molar-refractivity contribution in [3.63, 3.8) is 0 Å². The minimum Gasteiger partial charge on any atom is -0.340 e. The Hall–Kier alpha value is -0.710. The topological polar surface area (TPSA) is 46.3 Å². The summed E-state index contributed by atoms with van der Waals surface area (Å²) < 4.78 is 23.9. The minimum absolute atomic E-state index is 0.243. The second kappa shape index (κ2) is 4.50. The molecule has 0 saturated heterocycles. The maximum atomic E-state index is 11.9. The fourth-order valence-corrected chi connectivity index (χ4v) is 0.951. The lowest BCUT2D eigenvalue weighted by Crippen LogP contribution is -2.42. The monoisotopic (exact) mass is 194 g/mol. The highest BCUT2D eigenvalue weighted by Crippen LogP contribution is 2.14. The molecule has 3 nitrogen and oxygen atoms in total. The molecule has 0 bridgehead atoms. The third-order valence-electron chi connectivity index (χ3n) is 1.78. The molecule has 0 heterocycles. The average molecular weight is 194 g/mol. The molecule has 0 aliphatic carbocycles. The van der Waals surface area contributed by atoms with Crippen molar-refractivity contribution in [1.82, 2.24) is 4.90 Å². The van der Waals surface area contributed by atoms with Crippen LogP contribution in [0.4, 0.5) is 8.78 Å². The molecule has 0 aromatic carbocycles. The van der Waals surface area contributed by atoms with Gasteiger partial charge in [-0.25, -0.2) is 0 Å². The zero-order valence-electron chi connectivity index (χ0n) is 8.18. The molecule has 2 N–H and O–H groups in total. The Morgan fingerprint density at radius 1 is 1.54 bits per heavy atom. The maximum Gasteiger partial charge on any atom is 0.315 e. The molecule has 0 aliphatic heterocycles. The predicted octanol–water partition coefficient (Wildman–Crippen LogP) is 0.695. The summed E-state index contributed by atoms with van der Waals surface area (Å²) in [6.45, 7) is 4.24. The minimum atomic E-state index is -2.93.